The average Bonchev–Trinajstić information content (AvgIpc) is 2.35. The van der Waals surface area contributed by atoms with Crippen LogP contribution >= 0.6 is 11.6 Å². The van der Waals surface area contributed by atoms with E-state index in [0.29, 0.717) is 12.1 Å². The molecular weight excluding hydrogens is 298 g/mol. The lowest BCUT2D eigenvalue weighted by atomic mass is 10.2. The van der Waals surface area contributed by atoms with Crippen molar-refractivity contribution in [3.05, 3.63) is 28.8 Å². The fourth-order valence-corrected chi connectivity index (χ4v) is 4.24. The Hall–Kier alpha value is -0.620. The van der Waals surface area contributed by atoms with Crippen molar-refractivity contribution in [1.82, 2.24) is 4.31 Å². The molecule has 0 bridgehead atoms. The average molecular weight is 320 g/mol. The van der Waals surface area contributed by atoms with Crippen LogP contribution in [0, 0.1) is 5.92 Å². The maximum atomic E-state index is 12.8. The van der Waals surface area contributed by atoms with Crippen LogP contribution < -0.4 is 0 Å². The Morgan fingerprint density at radius 1 is 1.25 bits per heavy atom. The predicted octanol–water partition coefficient (Wildman–Crippen LogP) is 2.89. The lowest BCUT2D eigenvalue weighted by Gasteiger charge is -2.28. The normalized spacial score (nSPS) is 12.7. The molecule has 1 N–H and O–H groups in total. The molecule has 114 valence electrons. The van der Waals surface area contributed by atoms with E-state index < -0.39 is 10.0 Å². The third kappa shape index (κ3) is 3.95. The number of nitrogens with zero attached hydrogens (tertiary/aromatic N) is 1. The summed E-state index contributed by atoms with van der Waals surface area (Å²) >= 11 is 6.04. The van der Waals surface area contributed by atoms with Gasteiger partial charge in [0.2, 0.25) is 10.0 Å². The van der Waals surface area contributed by atoms with Gasteiger partial charge in [0.25, 0.3) is 0 Å². The van der Waals surface area contributed by atoms with Gasteiger partial charge in [-0.25, -0.2) is 8.42 Å². The first-order valence-electron chi connectivity index (χ1n) is 6.61. The molecule has 0 unspecified atom stereocenters. The fourth-order valence-electron chi connectivity index (χ4n) is 1.92. The topological polar surface area (TPSA) is 57.6 Å². The zero-order valence-corrected chi connectivity index (χ0v) is 13.9. The first-order valence-corrected chi connectivity index (χ1v) is 8.43. The molecule has 0 spiro atoms. The van der Waals surface area contributed by atoms with Crippen LogP contribution in [-0.4, -0.2) is 30.4 Å². The van der Waals surface area contributed by atoms with E-state index >= 15 is 0 Å². The van der Waals surface area contributed by atoms with Crippen molar-refractivity contribution < 1.29 is 13.5 Å². The molecule has 0 amide bonds. The van der Waals surface area contributed by atoms with Gasteiger partial charge in [0.15, 0.2) is 0 Å². The van der Waals surface area contributed by atoms with Crippen molar-refractivity contribution in [3.8, 4) is 0 Å². The Morgan fingerprint density at radius 2 is 1.85 bits per heavy atom. The van der Waals surface area contributed by atoms with E-state index in [4.69, 9.17) is 16.7 Å². The quantitative estimate of drug-likeness (QED) is 0.877. The van der Waals surface area contributed by atoms with E-state index in [1.54, 1.807) is 6.07 Å². The number of sulfonamides is 1. The minimum atomic E-state index is -3.67. The molecule has 0 aliphatic carbocycles. The lowest BCUT2D eigenvalue weighted by Crippen LogP contribution is -2.39. The van der Waals surface area contributed by atoms with Crippen molar-refractivity contribution in [3.63, 3.8) is 0 Å². The van der Waals surface area contributed by atoms with Crippen LogP contribution in [0.5, 0.6) is 0 Å². The third-order valence-electron chi connectivity index (χ3n) is 2.89. The Balaban J connectivity index is 3.32. The number of hydrogen-bond donors (Lipinski definition) is 1. The van der Waals surface area contributed by atoms with Crippen LogP contribution in [0.2, 0.25) is 5.02 Å². The highest BCUT2D eigenvalue weighted by molar-refractivity contribution is 7.89. The van der Waals surface area contributed by atoms with Crippen molar-refractivity contribution in [2.75, 3.05) is 6.54 Å². The fraction of sp³-hybridized carbons (Fsp3) is 0.571. The molecule has 0 saturated carbocycles. The number of aliphatic hydroxyl groups is 1. The largest absolute Gasteiger partial charge is 0.392 e. The molecule has 4 nitrogen and oxygen atoms in total. The molecule has 0 heterocycles. The van der Waals surface area contributed by atoms with Crippen LogP contribution in [0.1, 0.15) is 33.3 Å². The minimum Gasteiger partial charge on any atom is -0.392 e. The Labute approximate surface area is 126 Å². The Kier molecular flexibility index (Phi) is 6.01. The molecule has 0 radical (unpaired) electrons. The van der Waals surface area contributed by atoms with E-state index in [0.717, 1.165) is 0 Å². The summed E-state index contributed by atoms with van der Waals surface area (Å²) in [4.78, 5) is 0.0556. The third-order valence-corrected chi connectivity index (χ3v) is 5.41. The van der Waals surface area contributed by atoms with Crippen LogP contribution in [0.3, 0.4) is 0 Å². The van der Waals surface area contributed by atoms with Crippen LogP contribution in [-0.2, 0) is 16.6 Å². The summed E-state index contributed by atoms with van der Waals surface area (Å²) in [5.41, 5.74) is 0.529. The number of hydrogen-bond acceptors (Lipinski definition) is 3. The van der Waals surface area contributed by atoms with E-state index in [-0.39, 0.29) is 28.5 Å². The molecule has 0 aliphatic rings. The van der Waals surface area contributed by atoms with Gasteiger partial charge in [-0.15, -0.1) is 0 Å². The number of benzene rings is 1. The standard InChI is InChI=1S/C14H22ClNO3S/c1-10(2)8-16(11(3)4)20(18,19)14-7-12(9-17)5-6-13(14)15/h5-7,10-11,17H,8-9H2,1-4H3. The van der Waals surface area contributed by atoms with E-state index in [1.807, 2.05) is 27.7 Å². The lowest BCUT2D eigenvalue weighted by molar-refractivity contribution is 0.281. The SMILES string of the molecule is CC(C)CN(C(C)C)S(=O)(=O)c1cc(CO)ccc1Cl. The molecule has 0 saturated heterocycles. The van der Waals surface area contributed by atoms with Gasteiger partial charge in [-0.3, -0.25) is 0 Å². The molecule has 1 rings (SSSR count). The zero-order chi connectivity index (χ0) is 15.5. The maximum absolute atomic E-state index is 12.8. The summed E-state index contributed by atoms with van der Waals surface area (Å²) in [5.74, 6) is 0.215. The van der Waals surface area contributed by atoms with Crippen LogP contribution in [0.25, 0.3) is 0 Å². The van der Waals surface area contributed by atoms with E-state index in [9.17, 15) is 8.42 Å². The van der Waals surface area contributed by atoms with Gasteiger partial charge >= 0.3 is 0 Å². The zero-order valence-electron chi connectivity index (χ0n) is 12.3. The minimum absolute atomic E-state index is 0.0556. The van der Waals surface area contributed by atoms with Gasteiger partial charge in [-0.1, -0.05) is 31.5 Å². The van der Waals surface area contributed by atoms with Crippen LogP contribution in [0.15, 0.2) is 23.1 Å². The summed E-state index contributed by atoms with van der Waals surface area (Å²) in [6.45, 7) is 7.83. The molecular formula is C14H22ClNO3S. The number of halogens is 1. The number of aliphatic hydroxyl groups excluding tert-OH is 1. The highest BCUT2D eigenvalue weighted by atomic mass is 35.5. The second kappa shape index (κ2) is 6.89. The first-order chi connectivity index (χ1) is 9.20. The highest BCUT2D eigenvalue weighted by Gasteiger charge is 2.29. The molecule has 1 aromatic rings. The molecule has 6 heteroatoms. The molecule has 20 heavy (non-hydrogen) atoms. The van der Waals surface area contributed by atoms with Gasteiger partial charge in [-0.05, 0) is 37.5 Å². The Morgan fingerprint density at radius 3 is 2.30 bits per heavy atom. The summed E-state index contributed by atoms with van der Waals surface area (Å²) in [6.07, 6.45) is 0. The van der Waals surface area contributed by atoms with Crippen molar-refractivity contribution in [2.24, 2.45) is 5.92 Å². The molecule has 0 fully saturated rings. The predicted molar refractivity (Wildman–Crippen MR) is 81.2 cm³/mol. The smallest absolute Gasteiger partial charge is 0.244 e. The Bertz CT molecular complexity index is 556. The summed E-state index contributed by atoms with van der Waals surface area (Å²) in [7, 11) is -3.67. The van der Waals surface area contributed by atoms with Crippen molar-refractivity contribution in [1.29, 1.82) is 0 Å². The highest BCUT2D eigenvalue weighted by Crippen LogP contribution is 2.27. The van der Waals surface area contributed by atoms with Gasteiger partial charge in [0, 0.05) is 12.6 Å². The molecule has 1 aromatic carbocycles. The first kappa shape index (κ1) is 17.4. The van der Waals surface area contributed by atoms with Crippen LogP contribution in [0.4, 0.5) is 0 Å². The van der Waals surface area contributed by atoms with E-state index in [2.05, 4.69) is 0 Å². The summed E-state index contributed by atoms with van der Waals surface area (Å²) in [5, 5.41) is 9.34. The molecule has 0 aliphatic heterocycles. The second-order valence-electron chi connectivity index (χ2n) is 5.49. The van der Waals surface area contributed by atoms with E-state index in [1.165, 1.54) is 16.4 Å². The molecule has 0 aromatic heterocycles. The maximum Gasteiger partial charge on any atom is 0.244 e. The van der Waals surface area contributed by atoms with Gasteiger partial charge in [0.05, 0.1) is 11.6 Å². The second-order valence-corrected chi connectivity index (χ2v) is 7.75. The van der Waals surface area contributed by atoms with Crippen molar-refractivity contribution in [2.45, 2.75) is 45.2 Å². The van der Waals surface area contributed by atoms with Gasteiger partial charge in [0.1, 0.15) is 4.90 Å². The number of rotatable bonds is 6. The summed E-state index contributed by atoms with van der Waals surface area (Å²) < 4.78 is 27.0. The van der Waals surface area contributed by atoms with Crippen molar-refractivity contribution >= 4 is 21.6 Å². The monoisotopic (exact) mass is 319 g/mol. The van der Waals surface area contributed by atoms with Gasteiger partial charge < -0.3 is 5.11 Å². The molecule has 0 atom stereocenters. The summed E-state index contributed by atoms with van der Waals surface area (Å²) in [6, 6.07) is 4.40. The van der Waals surface area contributed by atoms with Gasteiger partial charge in [-0.2, -0.15) is 4.31 Å².